The number of aromatic nitrogens is 3. The molecule has 1 N–H and O–H groups in total. The maximum atomic E-state index is 13.4. The molecule has 0 saturated carbocycles. The number of rotatable bonds is 8. The molecule has 0 aliphatic heterocycles. The number of anilines is 1. The summed E-state index contributed by atoms with van der Waals surface area (Å²) in [6.07, 6.45) is 0. The molecule has 1 amide bonds. The molecule has 10 heteroatoms. The molecule has 33 heavy (non-hydrogen) atoms. The molecule has 0 fully saturated rings. The maximum Gasteiger partial charge on any atom is 0.292 e. The molecule has 0 saturated heterocycles. The van der Waals surface area contributed by atoms with Gasteiger partial charge in [0.05, 0.1) is 17.2 Å². The van der Waals surface area contributed by atoms with E-state index in [0.29, 0.717) is 23.1 Å². The lowest BCUT2D eigenvalue weighted by molar-refractivity contribution is -0.383. The standard InChI is InChI=1S/C23H18FN5O3S/c24-18-12-10-17(11-13-18)22-26-27-23(28(22)14-16-6-2-1-3-7-16)33-15-21(30)25-19-8-4-5-9-20(19)29(31)32/h1-13H,14-15H2,(H,25,30). The second-order valence-corrected chi connectivity index (χ2v) is 7.94. The quantitative estimate of drug-likeness (QED) is 0.229. The van der Waals surface area contributed by atoms with Crippen LogP contribution >= 0.6 is 11.8 Å². The van der Waals surface area contributed by atoms with E-state index in [0.717, 1.165) is 17.3 Å². The van der Waals surface area contributed by atoms with E-state index in [1.807, 2.05) is 34.9 Å². The number of hydrogen-bond acceptors (Lipinski definition) is 6. The number of carbonyl (C=O) groups is 1. The number of benzene rings is 3. The highest BCUT2D eigenvalue weighted by atomic mass is 32.2. The Labute approximate surface area is 192 Å². The van der Waals surface area contributed by atoms with Crippen molar-refractivity contribution >= 4 is 29.0 Å². The first-order valence-electron chi connectivity index (χ1n) is 9.90. The van der Waals surface area contributed by atoms with Crippen LogP contribution in [0.1, 0.15) is 5.56 Å². The Kier molecular flexibility index (Phi) is 6.75. The molecule has 0 atom stereocenters. The zero-order chi connectivity index (χ0) is 23.2. The molecule has 8 nitrogen and oxygen atoms in total. The smallest absolute Gasteiger partial charge is 0.292 e. The van der Waals surface area contributed by atoms with Crippen LogP contribution in [0.2, 0.25) is 0 Å². The minimum absolute atomic E-state index is 0.0254. The van der Waals surface area contributed by atoms with Crippen LogP contribution in [0.5, 0.6) is 0 Å². The fourth-order valence-corrected chi connectivity index (χ4v) is 3.91. The number of hydrogen-bond donors (Lipinski definition) is 1. The van der Waals surface area contributed by atoms with Gasteiger partial charge >= 0.3 is 0 Å². The minimum Gasteiger partial charge on any atom is -0.320 e. The van der Waals surface area contributed by atoms with Crippen LogP contribution in [-0.2, 0) is 11.3 Å². The maximum absolute atomic E-state index is 13.4. The van der Waals surface area contributed by atoms with Gasteiger partial charge < -0.3 is 5.32 Å². The number of para-hydroxylation sites is 2. The molecule has 0 bridgehead atoms. The number of carbonyl (C=O) groups excluding carboxylic acids is 1. The largest absolute Gasteiger partial charge is 0.320 e. The van der Waals surface area contributed by atoms with Crippen molar-refractivity contribution in [1.82, 2.24) is 14.8 Å². The molecule has 1 heterocycles. The lowest BCUT2D eigenvalue weighted by Crippen LogP contribution is -2.15. The van der Waals surface area contributed by atoms with E-state index >= 15 is 0 Å². The summed E-state index contributed by atoms with van der Waals surface area (Å²) < 4.78 is 15.2. The number of nitro groups is 1. The van der Waals surface area contributed by atoms with Crippen LogP contribution in [0.15, 0.2) is 84.0 Å². The fourth-order valence-electron chi connectivity index (χ4n) is 3.17. The SMILES string of the molecule is O=C(CSc1nnc(-c2ccc(F)cc2)n1Cc1ccccc1)Nc1ccccc1[N+](=O)[O-]. The zero-order valence-electron chi connectivity index (χ0n) is 17.2. The normalized spacial score (nSPS) is 10.7. The Hall–Kier alpha value is -4.05. The second kappa shape index (κ2) is 10.0. The van der Waals surface area contributed by atoms with Gasteiger partial charge in [-0.25, -0.2) is 4.39 Å². The number of thioether (sulfide) groups is 1. The molecular weight excluding hydrogens is 445 g/mol. The Morgan fingerprint density at radius 1 is 1.00 bits per heavy atom. The van der Waals surface area contributed by atoms with Crippen molar-refractivity contribution in [1.29, 1.82) is 0 Å². The second-order valence-electron chi connectivity index (χ2n) is 7.00. The predicted octanol–water partition coefficient (Wildman–Crippen LogP) is 4.77. The highest BCUT2D eigenvalue weighted by molar-refractivity contribution is 7.99. The Morgan fingerprint density at radius 3 is 2.42 bits per heavy atom. The number of nitro benzene ring substituents is 1. The van der Waals surface area contributed by atoms with E-state index < -0.39 is 10.8 Å². The third kappa shape index (κ3) is 5.42. The molecule has 0 radical (unpaired) electrons. The molecule has 0 aliphatic carbocycles. The van der Waals surface area contributed by atoms with E-state index in [2.05, 4.69) is 15.5 Å². The van der Waals surface area contributed by atoms with Crippen molar-refractivity contribution in [2.75, 3.05) is 11.1 Å². The van der Waals surface area contributed by atoms with Crippen LogP contribution in [0, 0.1) is 15.9 Å². The van der Waals surface area contributed by atoms with Gasteiger partial charge in [-0.1, -0.05) is 54.2 Å². The fraction of sp³-hybridized carbons (Fsp3) is 0.0870. The summed E-state index contributed by atoms with van der Waals surface area (Å²) in [5.41, 5.74) is 1.65. The molecule has 0 aliphatic rings. The summed E-state index contributed by atoms with van der Waals surface area (Å²) in [7, 11) is 0. The summed E-state index contributed by atoms with van der Waals surface area (Å²) in [4.78, 5) is 23.1. The number of amides is 1. The topological polar surface area (TPSA) is 103 Å². The summed E-state index contributed by atoms with van der Waals surface area (Å²) in [5.74, 6) is -0.246. The van der Waals surface area contributed by atoms with Crippen molar-refractivity contribution in [3.05, 3.63) is 100 Å². The summed E-state index contributed by atoms with van der Waals surface area (Å²) in [6, 6.07) is 21.6. The van der Waals surface area contributed by atoms with Gasteiger partial charge in [-0.3, -0.25) is 19.5 Å². The van der Waals surface area contributed by atoms with Gasteiger partial charge in [-0.2, -0.15) is 0 Å². The van der Waals surface area contributed by atoms with Crippen LogP contribution in [-0.4, -0.2) is 31.3 Å². The van der Waals surface area contributed by atoms with Gasteiger partial charge in [0.15, 0.2) is 11.0 Å². The first-order valence-corrected chi connectivity index (χ1v) is 10.9. The van der Waals surface area contributed by atoms with E-state index in [4.69, 9.17) is 0 Å². The van der Waals surface area contributed by atoms with Gasteiger partial charge in [0.1, 0.15) is 11.5 Å². The van der Waals surface area contributed by atoms with Gasteiger partial charge in [-0.05, 0) is 35.9 Å². The van der Waals surface area contributed by atoms with Crippen molar-refractivity contribution < 1.29 is 14.1 Å². The molecular formula is C23H18FN5O3S. The lowest BCUT2D eigenvalue weighted by atomic mass is 10.2. The lowest BCUT2D eigenvalue weighted by Gasteiger charge is -2.11. The number of nitrogens with one attached hydrogen (secondary N) is 1. The Bertz CT molecular complexity index is 1280. The summed E-state index contributed by atoms with van der Waals surface area (Å²) in [6.45, 7) is 0.453. The average Bonchev–Trinajstić information content (AvgIpc) is 3.21. The van der Waals surface area contributed by atoms with Crippen LogP contribution < -0.4 is 5.32 Å². The zero-order valence-corrected chi connectivity index (χ0v) is 18.0. The molecule has 1 aromatic heterocycles. The molecule has 3 aromatic carbocycles. The van der Waals surface area contributed by atoms with E-state index in [-0.39, 0.29) is 22.9 Å². The Morgan fingerprint density at radius 2 is 1.70 bits per heavy atom. The van der Waals surface area contributed by atoms with Crippen molar-refractivity contribution in [3.63, 3.8) is 0 Å². The third-order valence-corrected chi connectivity index (χ3v) is 5.68. The summed E-state index contributed by atoms with van der Waals surface area (Å²) >= 11 is 1.16. The number of halogens is 1. The van der Waals surface area contributed by atoms with Crippen molar-refractivity contribution in [3.8, 4) is 11.4 Å². The van der Waals surface area contributed by atoms with E-state index in [9.17, 15) is 19.3 Å². The first-order chi connectivity index (χ1) is 16.0. The molecule has 0 unspecified atom stereocenters. The number of nitrogens with zero attached hydrogens (tertiary/aromatic N) is 4. The summed E-state index contributed by atoms with van der Waals surface area (Å²) in [5, 5.41) is 22.7. The van der Waals surface area contributed by atoms with E-state index in [1.165, 1.54) is 30.3 Å². The highest BCUT2D eigenvalue weighted by Gasteiger charge is 2.18. The molecule has 4 aromatic rings. The molecule has 166 valence electrons. The first kappa shape index (κ1) is 22.2. The average molecular weight is 463 g/mol. The minimum atomic E-state index is -0.547. The Balaban J connectivity index is 1.55. The van der Waals surface area contributed by atoms with Gasteiger partial charge in [0.25, 0.3) is 5.69 Å². The van der Waals surface area contributed by atoms with Crippen LogP contribution in [0.4, 0.5) is 15.8 Å². The van der Waals surface area contributed by atoms with Gasteiger partial charge in [-0.15, -0.1) is 10.2 Å². The van der Waals surface area contributed by atoms with Crippen molar-refractivity contribution in [2.24, 2.45) is 0 Å². The molecule has 0 spiro atoms. The highest BCUT2D eigenvalue weighted by Crippen LogP contribution is 2.27. The van der Waals surface area contributed by atoms with Crippen LogP contribution in [0.3, 0.4) is 0 Å². The molecule has 4 rings (SSSR count). The van der Waals surface area contributed by atoms with Crippen molar-refractivity contribution in [2.45, 2.75) is 11.7 Å². The third-order valence-electron chi connectivity index (χ3n) is 4.71. The van der Waals surface area contributed by atoms with Gasteiger partial charge in [0.2, 0.25) is 5.91 Å². The predicted molar refractivity (Wildman–Crippen MR) is 123 cm³/mol. The van der Waals surface area contributed by atoms with Gasteiger partial charge in [0, 0.05) is 11.6 Å². The monoisotopic (exact) mass is 463 g/mol. The van der Waals surface area contributed by atoms with E-state index in [1.54, 1.807) is 18.2 Å². The van der Waals surface area contributed by atoms with Crippen LogP contribution in [0.25, 0.3) is 11.4 Å².